The van der Waals surface area contributed by atoms with Crippen molar-refractivity contribution < 1.29 is 9.53 Å². The van der Waals surface area contributed by atoms with Gasteiger partial charge in [0, 0.05) is 23.9 Å². The minimum Gasteiger partial charge on any atom is -0.376 e. The molecule has 23 heavy (non-hydrogen) atoms. The second kappa shape index (κ2) is 6.14. The highest BCUT2D eigenvalue weighted by Gasteiger charge is 2.28. The predicted molar refractivity (Wildman–Crippen MR) is 88.4 cm³/mol. The molecule has 0 unspecified atom stereocenters. The van der Waals surface area contributed by atoms with Gasteiger partial charge in [0.1, 0.15) is 0 Å². The van der Waals surface area contributed by atoms with Gasteiger partial charge in [-0.3, -0.25) is 9.20 Å². The minimum atomic E-state index is 0.0285. The van der Waals surface area contributed by atoms with E-state index in [1.807, 2.05) is 41.9 Å². The number of imidazole rings is 1. The van der Waals surface area contributed by atoms with Crippen LogP contribution in [-0.4, -0.2) is 21.9 Å². The van der Waals surface area contributed by atoms with Crippen LogP contribution in [0.5, 0.6) is 0 Å². The third kappa shape index (κ3) is 2.87. The number of carbonyl (C=O) groups excluding carboxylic acids is 1. The van der Waals surface area contributed by atoms with E-state index in [0.717, 1.165) is 21.9 Å². The summed E-state index contributed by atoms with van der Waals surface area (Å²) in [5.74, 6) is 0.0844. The highest BCUT2D eigenvalue weighted by molar-refractivity contribution is 7.15. The summed E-state index contributed by atoms with van der Waals surface area (Å²) in [5.41, 5.74) is 3.20. The molecule has 0 saturated carbocycles. The van der Waals surface area contributed by atoms with Crippen LogP contribution in [0.15, 0.2) is 41.9 Å². The van der Waals surface area contributed by atoms with Crippen LogP contribution < -0.4 is 5.32 Å². The van der Waals surface area contributed by atoms with Crippen molar-refractivity contribution in [2.75, 3.05) is 6.61 Å². The van der Waals surface area contributed by atoms with Crippen molar-refractivity contribution in [3.8, 4) is 0 Å². The number of amides is 1. The zero-order valence-electron chi connectivity index (χ0n) is 12.6. The Morgan fingerprint density at radius 2 is 2.22 bits per heavy atom. The van der Waals surface area contributed by atoms with Gasteiger partial charge in [-0.2, -0.15) is 0 Å². The zero-order valence-corrected chi connectivity index (χ0v) is 13.4. The zero-order chi connectivity index (χ0) is 15.6. The molecule has 1 aliphatic rings. The maximum Gasteiger partial charge on any atom is 0.221 e. The topological polar surface area (TPSA) is 55.6 Å². The molecule has 3 heterocycles. The van der Waals surface area contributed by atoms with Gasteiger partial charge in [-0.1, -0.05) is 30.3 Å². The number of fused-ring (bicyclic) bond motifs is 3. The summed E-state index contributed by atoms with van der Waals surface area (Å²) in [6, 6.07) is 10.1. The van der Waals surface area contributed by atoms with Gasteiger partial charge in [-0.15, -0.1) is 11.3 Å². The van der Waals surface area contributed by atoms with Crippen molar-refractivity contribution in [3.63, 3.8) is 0 Å². The van der Waals surface area contributed by atoms with E-state index in [1.165, 1.54) is 0 Å². The molecule has 0 fully saturated rings. The number of nitrogens with zero attached hydrogens (tertiary/aromatic N) is 2. The SMILES string of the molecule is O=C1C[C@@H](COCc2ccccc2)c2c(nc3sccn23)CN1. The molecule has 3 aromatic rings. The van der Waals surface area contributed by atoms with Gasteiger partial charge < -0.3 is 10.1 Å². The molecule has 1 amide bonds. The summed E-state index contributed by atoms with van der Waals surface area (Å²) in [4.78, 5) is 17.6. The molecule has 1 aliphatic heterocycles. The lowest BCUT2D eigenvalue weighted by Gasteiger charge is -2.15. The Morgan fingerprint density at radius 3 is 3.09 bits per heavy atom. The molecule has 1 N–H and O–H groups in total. The van der Waals surface area contributed by atoms with Gasteiger partial charge in [0.25, 0.3) is 0 Å². The third-order valence-electron chi connectivity index (χ3n) is 4.08. The average Bonchev–Trinajstić information content (AvgIpc) is 3.09. The number of carbonyl (C=O) groups is 1. The van der Waals surface area contributed by atoms with Gasteiger partial charge in [0.15, 0.2) is 4.96 Å². The molecule has 0 aliphatic carbocycles. The summed E-state index contributed by atoms with van der Waals surface area (Å²) in [6.45, 7) is 1.57. The molecule has 5 nitrogen and oxygen atoms in total. The fraction of sp³-hybridized carbons (Fsp3) is 0.294. The smallest absolute Gasteiger partial charge is 0.221 e. The number of ether oxygens (including phenoxy) is 1. The molecule has 118 valence electrons. The first-order valence-electron chi connectivity index (χ1n) is 7.64. The molecular formula is C17H17N3O2S. The molecule has 6 heteroatoms. The van der Waals surface area contributed by atoms with E-state index in [4.69, 9.17) is 4.74 Å². The Labute approximate surface area is 137 Å². The third-order valence-corrected chi connectivity index (χ3v) is 4.83. The lowest BCUT2D eigenvalue weighted by molar-refractivity contribution is -0.121. The number of hydrogen-bond donors (Lipinski definition) is 1. The number of thiazole rings is 1. The minimum absolute atomic E-state index is 0.0285. The first kappa shape index (κ1) is 14.4. The van der Waals surface area contributed by atoms with E-state index in [2.05, 4.69) is 14.7 Å². The highest BCUT2D eigenvalue weighted by atomic mass is 32.1. The van der Waals surface area contributed by atoms with Crippen LogP contribution in [0, 0.1) is 0 Å². The first-order chi connectivity index (χ1) is 11.3. The molecule has 2 aromatic heterocycles. The van der Waals surface area contributed by atoms with E-state index in [1.54, 1.807) is 11.3 Å². The molecule has 1 atom stereocenters. The molecular weight excluding hydrogens is 310 g/mol. The molecule has 4 rings (SSSR count). The fourth-order valence-electron chi connectivity index (χ4n) is 3.02. The lowest BCUT2D eigenvalue weighted by Crippen LogP contribution is -2.22. The number of rotatable bonds is 4. The molecule has 0 bridgehead atoms. The Hall–Kier alpha value is -2.18. The standard InChI is InChI=1S/C17H17N3O2S/c21-15-8-13(11-22-10-12-4-2-1-3-5-12)16-14(9-18-15)19-17-20(16)6-7-23-17/h1-7,13H,8-11H2,(H,18,21)/t13-/m0/s1. The van der Waals surface area contributed by atoms with Crippen molar-refractivity contribution in [1.82, 2.24) is 14.7 Å². The average molecular weight is 327 g/mol. The second-order valence-corrected chi connectivity index (χ2v) is 6.55. The van der Waals surface area contributed by atoms with Crippen molar-refractivity contribution in [2.45, 2.75) is 25.5 Å². The lowest BCUT2D eigenvalue weighted by atomic mass is 10.0. The molecule has 0 spiro atoms. The van der Waals surface area contributed by atoms with E-state index in [0.29, 0.717) is 26.2 Å². The summed E-state index contributed by atoms with van der Waals surface area (Å²) >= 11 is 1.61. The van der Waals surface area contributed by atoms with Gasteiger partial charge in [0.2, 0.25) is 5.91 Å². The Balaban J connectivity index is 1.55. The Bertz CT molecular complexity index is 825. The van der Waals surface area contributed by atoms with Crippen molar-refractivity contribution >= 4 is 22.2 Å². The van der Waals surface area contributed by atoms with E-state index < -0.39 is 0 Å². The molecule has 0 saturated heterocycles. The van der Waals surface area contributed by atoms with Gasteiger partial charge in [-0.05, 0) is 5.56 Å². The van der Waals surface area contributed by atoms with E-state index in [-0.39, 0.29) is 11.8 Å². The van der Waals surface area contributed by atoms with Crippen LogP contribution in [0.3, 0.4) is 0 Å². The van der Waals surface area contributed by atoms with Crippen molar-refractivity contribution in [3.05, 3.63) is 58.9 Å². The summed E-state index contributed by atoms with van der Waals surface area (Å²) in [6.07, 6.45) is 2.46. The molecule has 1 aromatic carbocycles. The number of aromatic nitrogens is 2. The predicted octanol–water partition coefficient (Wildman–Crippen LogP) is 2.72. The fourth-order valence-corrected chi connectivity index (χ4v) is 3.76. The van der Waals surface area contributed by atoms with Crippen LogP contribution in [0.2, 0.25) is 0 Å². The van der Waals surface area contributed by atoms with Gasteiger partial charge >= 0.3 is 0 Å². The number of nitrogens with one attached hydrogen (secondary N) is 1. The van der Waals surface area contributed by atoms with Crippen LogP contribution in [0.4, 0.5) is 0 Å². The van der Waals surface area contributed by atoms with Gasteiger partial charge in [0.05, 0.1) is 31.1 Å². The summed E-state index contributed by atoms with van der Waals surface area (Å²) in [5, 5.41) is 4.94. The number of benzene rings is 1. The number of hydrogen-bond acceptors (Lipinski definition) is 4. The maximum absolute atomic E-state index is 12.0. The summed E-state index contributed by atoms with van der Waals surface area (Å²) < 4.78 is 7.99. The van der Waals surface area contributed by atoms with E-state index in [9.17, 15) is 4.79 Å². The largest absolute Gasteiger partial charge is 0.376 e. The maximum atomic E-state index is 12.0. The normalized spacial score (nSPS) is 17.7. The second-order valence-electron chi connectivity index (χ2n) is 5.68. The van der Waals surface area contributed by atoms with Crippen molar-refractivity contribution in [2.24, 2.45) is 0 Å². The van der Waals surface area contributed by atoms with Gasteiger partial charge in [-0.25, -0.2) is 4.98 Å². The Morgan fingerprint density at radius 1 is 1.35 bits per heavy atom. The van der Waals surface area contributed by atoms with Crippen molar-refractivity contribution in [1.29, 1.82) is 0 Å². The van der Waals surface area contributed by atoms with Crippen LogP contribution >= 0.6 is 11.3 Å². The first-order valence-corrected chi connectivity index (χ1v) is 8.52. The Kier molecular flexibility index (Phi) is 3.85. The van der Waals surface area contributed by atoms with Crippen LogP contribution in [-0.2, 0) is 22.7 Å². The van der Waals surface area contributed by atoms with Crippen LogP contribution in [0.1, 0.15) is 29.3 Å². The highest BCUT2D eigenvalue weighted by Crippen LogP contribution is 2.29. The van der Waals surface area contributed by atoms with E-state index >= 15 is 0 Å². The monoisotopic (exact) mass is 327 g/mol. The molecule has 0 radical (unpaired) electrons. The summed E-state index contributed by atoms with van der Waals surface area (Å²) in [7, 11) is 0. The quantitative estimate of drug-likeness (QED) is 0.801. The van der Waals surface area contributed by atoms with Crippen LogP contribution in [0.25, 0.3) is 4.96 Å².